The van der Waals surface area contributed by atoms with E-state index in [1.165, 1.54) is 9.80 Å². The molecule has 4 amide bonds. The summed E-state index contributed by atoms with van der Waals surface area (Å²) in [6.45, 7) is 7.39. The van der Waals surface area contributed by atoms with E-state index in [0.717, 1.165) is 22.4 Å². The zero-order valence-electron chi connectivity index (χ0n) is 16.4. The van der Waals surface area contributed by atoms with E-state index in [4.69, 9.17) is 4.74 Å². The highest BCUT2D eigenvalue weighted by Gasteiger charge is 2.28. The van der Waals surface area contributed by atoms with Crippen molar-refractivity contribution in [1.29, 1.82) is 0 Å². The van der Waals surface area contributed by atoms with Gasteiger partial charge >= 0.3 is 6.03 Å². The van der Waals surface area contributed by atoms with Crippen molar-refractivity contribution in [2.24, 2.45) is 0 Å². The van der Waals surface area contributed by atoms with Gasteiger partial charge in [-0.25, -0.2) is 4.79 Å². The molecule has 8 nitrogen and oxygen atoms in total. The number of carbonyl (C=O) groups excluding carboxylic acids is 3. The SMILES string of the molecule is COCCNC(=O)CN1CCN(C(=O)Nc2c(C)cc(C)cc2C)CC1=O. The Morgan fingerprint density at radius 2 is 1.81 bits per heavy atom. The molecule has 0 unspecified atom stereocenters. The van der Waals surface area contributed by atoms with Crippen LogP contribution in [-0.2, 0) is 14.3 Å². The average Bonchev–Trinajstić information content (AvgIpc) is 2.60. The van der Waals surface area contributed by atoms with E-state index in [-0.39, 0.29) is 30.9 Å². The first-order chi connectivity index (χ1) is 12.8. The Balaban J connectivity index is 1.89. The molecule has 2 N–H and O–H groups in total. The van der Waals surface area contributed by atoms with Gasteiger partial charge in [0, 0.05) is 32.4 Å². The second-order valence-electron chi connectivity index (χ2n) is 6.78. The van der Waals surface area contributed by atoms with Crippen LogP contribution in [0.4, 0.5) is 10.5 Å². The number of benzene rings is 1. The number of aryl methyl sites for hydroxylation is 3. The number of ether oxygens (including phenoxy) is 1. The highest BCUT2D eigenvalue weighted by atomic mass is 16.5. The molecule has 1 heterocycles. The van der Waals surface area contributed by atoms with Crippen LogP contribution >= 0.6 is 0 Å². The molecule has 0 spiro atoms. The van der Waals surface area contributed by atoms with Crippen molar-refractivity contribution in [3.63, 3.8) is 0 Å². The van der Waals surface area contributed by atoms with Gasteiger partial charge in [0.15, 0.2) is 0 Å². The normalized spacial score (nSPS) is 14.3. The molecule has 148 valence electrons. The Morgan fingerprint density at radius 3 is 2.41 bits per heavy atom. The summed E-state index contributed by atoms with van der Waals surface area (Å²) in [7, 11) is 1.56. The van der Waals surface area contributed by atoms with E-state index < -0.39 is 0 Å². The molecule has 1 aromatic carbocycles. The number of urea groups is 1. The first-order valence-corrected chi connectivity index (χ1v) is 8.99. The van der Waals surface area contributed by atoms with Crippen molar-refractivity contribution in [3.8, 4) is 0 Å². The van der Waals surface area contributed by atoms with Gasteiger partial charge in [-0.15, -0.1) is 0 Å². The molecule has 0 atom stereocenters. The Labute approximate surface area is 159 Å². The minimum atomic E-state index is -0.303. The zero-order chi connectivity index (χ0) is 20.0. The molecule has 1 fully saturated rings. The van der Waals surface area contributed by atoms with Gasteiger partial charge < -0.3 is 25.2 Å². The van der Waals surface area contributed by atoms with Gasteiger partial charge in [-0.05, 0) is 31.9 Å². The summed E-state index contributed by atoms with van der Waals surface area (Å²) >= 11 is 0. The van der Waals surface area contributed by atoms with Crippen LogP contribution in [0.15, 0.2) is 12.1 Å². The monoisotopic (exact) mass is 376 g/mol. The Bertz CT molecular complexity index is 697. The summed E-state index contributed by atoms with van der Waals surface area (Å²) in [4.78, 5) is 39.6. The standard InChI is InChI=1S/C19H28N4O4/c1-13-9-14(2)18(15(3)10-13)21-19(26)23-7-6-22(17(25)12-23)11-16(24)20-5-8-27-4/h9-10H,5-8,11-12H2,1-4H3,(H,20,24)(H,21,26). The summed E-state index contributed by atoms with van der Waals surface area (Å²) < 4.78 is 4.87. The van der Waals surface area contributed by atoms with Crippen molar-refractivity contribution >= 4 is 23.5 Å². The average molecular weight is 376 g/mol. The van der Waals surface area contributed by atoms with Crippen LogP contribution < -0.4 is 10.6 Å². The lowest BCUT2D eigenvalue weighted by Crippen LogP contribution is -2.55. The number of anilines is 1. The molecule has 1 aliphatic rings. The second-order valence-corrected chi connectivity index (χ2v) is 6.78. The summed E-state index contributed by atoms with van der Waals surface area (Å²) in [5.41, 5.74) is 3.88. The number of hydrogen-bond acceptors (Lipinski definition) is 4. The first-order valence-electron chi connectivity index (χ1n) is 8.99. The zero-order valence-corrected chi connectivity index (χ0v) is 16.4. The van der Waals surface area contributed by atoms with E-state index in [1.807, 2.05) is 32.9 Å². The van der Waals surface area contributed by atoms with E-state index >= 15 is 0 Å². The largest absolute Gasteiger partial charge is 0.383 e. The number of piperazine rings is 1. The molecule has 0 radical (unpaired) electrons. The lowest BCUT2D eigenvalue weighted by molar-refractivity contribution is -0.139. The minimum absolute atomic E-state index is 0.00577. The van der Waals surface area contributed by atoms with Gasteiger partial charge in [-0.1, -0.05) is 17.7 Å². The number of nitrogens with zero attached hydrogens (tertiary/aromatic N) is 2. The summed E-state index contributed by atoms with van der Waals surface area (Å²) in [5, 5.41) is 5.59. The van der Waals surface area contributed by atoms with Crippen molar-refractivity contribution in [3.05, 3.63) is 28.8 Å². The second kappa shape index (κ2) is 9.36. The topological polar surface area (TPSA) is 91.0 Å². The van der Waals surface area contributed by atoms with Crippen molar-refractivity contribution in [2.75, 3.05) is 51.8 Å². The number of nitrogens with one attached hydrogen (secondary N) is 2. The van der Waals surface area contributed by atoms with E-state index in [0.29, 0.717) is 26.2 Å². The maximum absolute atomic E-state index is 12.6. The highest BCUT2D eigenvalue weighted by molar-refractivity contribution is 5.95. The number of amides is 4. The van der Waals surface area contributed by atoms with Crippen LogP contribution in [0.2, 0.25) is 0 Å². The van der Waals surface area contributed by atoms with Crippen molar-refractivity contribution in [1.82, 2.24) is 15.1 Å². The molecule has 1 aliphatic heterocycles. The lowest BCUT2D eigenvalue weighted by Gasteiger charge is -2.34. The van der Waals surface area contributed by atoms with Crippen molar-refractivity contribution in [2.45, 2.75) is 20.8 Å². The summed E-state index contributed by atoms with van der Waals surface area (Å²) in [6, 6.07) is 3.71. The molecule has 1 aromatic rings. The fraction of sp³-hybridized carbons (Fsp3) is 0.526. The molecule has 1 saturated heterocycles. The quantitative estimate of drug-likeness (QED) is 0.726. The highest BCUT2D eigenvalue weighted by Crippen LogP contribution is 2.22. The predicted octanol–water partition coefficient (Wildman–Crippen LogP) is 1.05. The third kappa shape index (κ3) is 5.68. The first kappa shape index (κ1) is 20.7. The molecule has 0 aromatic heterocycles. The molecular formula is C19H28N4O4. The maximum Gasteiger partial charge on any atom is 0.322 e. The van der Waals surface area contributed by atoms with Gasteiger partial charge in [0.25, 0.3) is 0 Å². The fourth-order valence-electron chi connectivity index (χ4n) is 3.13. The number of rotatable bonds is 6. The molecular weight excluding hydrogens is 348 g/mol. The number of hydrogen-bond donors (Lipinski definition) is 2. The minimum Gasteiger partial charge on any atom is -0.383 e. The lowest BCUT2D eigenvalue weighted by atomic mass is 10.1. The molecule has 0 bridgehead atoms. The van der Waals surface area contributed by atoms with Gasteiger partial charge in [0.1, 0.15) is 6.54 Å². The third-order valence-corrected chi connectivity index (χ3v) is 4.48. The Morgan fingerprint density at radius 1 is 1.15 bits per heavy atom. The maximum atomic E-state index is 12.6. The summed E-state index contributed by atoms with van der Waals surface area (Å²) in [6.07, 6.45) is 0. The molecule has 0 aliphatic carbocycles. The molecule has 27 heavy (non-hydrogen) atoms. The van der Waals surface area contributed by atoms with E-state index in [1.54, 1.807) is 7.11 Å². The van der Waals surface area contributed by atoms with Crippen LogP contribution in [0.1, 0.15) is 16.7 Å². The van der Waals surface area contributed by atoms with Gasteiger partial charge in [0.2, 0.25) is 11.8 Å². The van der Waals surface area contributed by atoms with Crippen LogP contribution in [0.3, 0.4) is 0 Å². The van der Waals surface area contributed by atoms with Crippen LogP contribution in [0, 0.1) is 20.8 Å². The van der Waals surface area contributed by atoms with E-state index in [9.17, 15) is 14.4 Å². The van der Waals surface area contributed by atoms with Gasteiger partial charge in [-0.3, -0.25) is 9.59 Å². The Hall–Kier alpha value is -2.61. The fourth-order valence-corrected chi connectivity index (χ4v) is 3.13. The Kier molecular flexibility index (Phi) is 7.18. The summed E-state index contributed by atoms with van der Waals surface area (Å²) in [5.74, 6) is -0.472. The van der Waals surface area contributed by atoms with Crippen molar-refractivity contribution < 1.29 is 19.1 Å². The van der Waals surface area contributed by atoms with Crippen LogP contribution in [0.25, 0.3) is 0 Å². The van der Waals surface area contributed by atoms with Gasteiger partial charge in [-0.2, -0.15) is 0 Å². The third-order valence-electron chi connectivity index (χ3n) is 4.48. The van der Waals surface area contributed by atoms with E-state index in [2.05, 4.69) is 10.6 Å². The number of carbonyl (C=O) groups is 3. The molecule has 2 rings (SSSR count). The van der Waals surface area contributed by atoms with Crippen LogP contribution in [0.5, 0.6) is 0 Å². The predicted molar refractivity (Wildman–Crippen MR) is 103 cm³/mol. The number of methoxy groups -OCH3 is 1. The van der Waals surface area contributed by atoms with Gasteiger partial charge in [0.05, 0.1) is 13.2 Å². The smallest absolute Gasteiger partial charge is 0.322 e. The molecule has 8 heteroatoms. The van der Waals surface area contributed by atoms with Crippen LogP contribution in [-0.4, -0.2) is 74.1 Å². The molecule has 0 saturated carbocycles.